The third-order valence-electron chi connectivity index (χ3n) is 4.99. The van der Waals surface area contributed by atoms with Gasteiger partial charge in [0.05, 0.1) is 19.3 Å². The summed E-state index contributed by atoms with van der Waals surface area (Å²) in [6, 6.07) is 4.22. The minimum atomic E-state index is -0.575. The van der Waals surface area contributed by atoms with Crippen LogP contribution < -0.4 is 21.3 Å². The van der Waals surface area contributed by atoms with Crippen LogP contribution in [0.1, 0.15) is 34.9 Å². The summed E-state index contributed by atoms with van der Waals surface area (Å²) in [6.45, 7) is 0. The second kappa shape index (κ2) is 7.36. The monoisotopic (exact) mass is 374 g/mol. The predicted octanol–water partition coefficient (Wildman–Crippen LogP) is -0.270. The molecule has 9 nitrogen and oxygen atoms in total. The van der Waals surface area contributed by atoms with Crippen molar-refractivity contribution >= 4 is 5.91 Å². The average Bonchev–Trinajstić information content (AvgIpc) is 2.65. The number of nitrogens with one attached hydrogen (secondary N) is 1. The molecule has 0 radical (unpaired) electrons. The van der Waals surface area contributed by atoms with Gasteiger partial charge in [-0.05, 0) is 24.3 Å². The first-order valence-corrected chi connectivity index (χ1v) is 8.57. The van der Waals surface area contributed by atoms with Gasteiger partial charge in [0.25, 0.3) is 11.5 Å². The van der Waals surface area contributed by atoms with E-state index in [0.29, 0.717) is 18.7 Å². The normalized spacial score (nSPS) is 19.9. The number of pyridine rings is 1. The summed E-state index contributed by atoms with van der Waals surface area (Å²) in [7, 11) is 4.31. The van der Waals surface area contributed by atoms with Crippen molar-refractivity contribution in [1.29, 1.82) is 0 Å². The number of hydrogen-bond donors (Lipinski definition) is 2. The Labute approximate surface area is 155 Å². The first-order chi connectivity index (χ1) is 12.8. The molecule has 144 valence electrons. The average molecular weight is 374 g/mol. The van der Waals surface area contributed by atoms with E-state index >= 15 is 0 Å². The molecule has 2 heterocycles. The standard InChI is InChI=1S/C18H22N4O5/c1-21-13(8-15(24)22(2)18(21)26)17(25)20-16(11-6-12(23)7-11)10-4-5-14(27-3)19-9-10/h4-5,8-9,11-12,16,23H,6-7H2,1-3H3,(H,20,25). The van der Waals surface area contributed by atoms with Gasteiger partial charge in [0.15, 0.2) is 0 Å². The van der Waals surface area contributed by atoms with Crippen LogP contribution in [0.4, 0.5) is 0 Å². The smallest absolute Gasteiger partial charge is 0.331 e. The molecule has 1 atom stereocenters. The number of aromatic nitrogens is 3. The first kappa shape index (κ1) is 18.8. The van der Waals surface area contributed by atoms with Gasteiger partial charge < -0.3 is 15.2 Å². The molecule has 9 heteroatoms. The third kappa shape index (κ3) is 3.63. The highest BCUT2D eigenvalue weighted by atomic mass is 16.5. The van der Waals surface area contributed by atoms with Crippen molar-refractivity contribution in [3.05, 3.63) is 56.5 Å². The number of nitrogens with zero attached hydrogens (tertiary/aromatic N) is 3. The molecule has 2 aromatic heterocycles. The minimum absolute atomic E-state index is 0.0190. The molecule has 2 aromatic rings. The summed E-state index contributed by atoms with van der Waals surface area (Å²) in [5.41, 5.74) is -0.385. The van der Waals surface area contributed by atoms with E-state index in [1.54, 1.807) is 18.3 Å². The van der Waals surface area contributed by atoms with Crippen molar-refractivity contribution in [2.45, 2.75) is 25.0 Å². The van der Waals surface area contributed by atoms with Crippen LogP contribution in [-0.4, -0.2) is 38.3 Å². The molecule has 0 saturated heterocycles. The van der Waals surface area contributed by atoms with Crippen LogP contribution >= 0.6 is 0 Å². The lowest BCUT2D eigenvalue weighted by Gasteiger charge is -2.38. The summed E-state index contributed by atoms with van der Waals surface area (Å²) >= 11 is 0. The fourth-order valence-corrected chi connectivity index (χ4v) is 3.24. The fraction of sp³-hybridized carbons (Fsp3) is 0.444. The van der Waals surface area contributed by atoms with Gasteiger partial charge in [-0.2, -0.15) is 0 Å². The second-order valence-electron chi connectivity index (χ2n) is 6.74. The van der Waals surface area contributed by atoms with Crippen molar-refractivity contribution in [2.24, 2.45) is 20.0 Å². The number of amides is 1. The zero-order valence-corrected chi connectivity index (χ0v) is 15.4. The molecule has 1 aliphatic carbocycles. The summed E-state index contributed by atoms with van der Waals surface area (Å²) in [5, 5.41) is 12.5. The molecule has 0 bridgehead atoms. The molecular formula is C18H22N4O5. The Kier molecular flexibility index (Phi) is 5.13. The number of hydrogen-bond acceptors (Lipinski definition) is 6. The largest absolute Gasteiger partial charge is 0.481 e. The van der Waals surface area contributed by atoms with E-state index in [4.69, 9.17) is 4.74 Å². The van der Waals surface area contributed by atoms with Crippen LogP contribution in [0.5, 0.6) is 5.88 Å². The van der Waals surface area contributed by atoms with Gasteiger partial charge in [0.2, 0.25) is 5.88 Å². The van der Waals surface area contributed by atoms with E-state index in [1.165, 1.54) is 21.2 Å². The molecule has 27 heavy (non-hydrogen) atoms. The molecule has 1 aliphatic rings. The quantitative estimate of drug-likeness (QED) is 0.744. The molecule has 1 saturated carbocycles. The van der Waals surface area contributed by atoms with E-state index in [2.05, 4.69) is 10.3 Å². The summed E-state index contributed by atoms with van der Waals surface area (Å²) in [6.07, 6.45) is 2.31. The Balaban J connectivity index is 1.91. The van der Waals surface area contributed by atoms with Crippen molar-refractivity contribution in [1.82, 2.24) is 19.4 Å². The van der Waals surface area contributed by atoms with Crippen LogP contribution in [0.2, 0.25) is 0 Å². The maximum absolute atomic E-state index is 12.8. The molecular weight excluding hydrogens is 352 g/mol. The minimum Gasteiger partial charge on any atom is -0.481 e. The van der Waals surface area contributed by atoms with E-state index in [0.717, 1.165) is 20.8 Å². The van der Waals surface area contributed by atoms with Crippen LogP contribution in [0, 0.1) is 5.92 Å². The van der Waals surface area contributed by atoms with Gasteiger partial charge in [0, 0.05) is 32.4 Å². The second-order valence-corrected chi connectivity index (χ2v) is 6.74. The topological polar surface area (TPSA) is 115 Å². The highest BCUT2D eigenvalue weighted by Crippen LogP contribution is 2.38. The number of aliphatic hydroxyl groups is 1. The van der Waals surface area contributed by atoms with Gasteiger partial charge in [-0.3, -0.25) is 18.7 Å². The van der Waals surface area contributed by atoms with E-state index in [1.807, 2.05) is 0 Å². The van der Waals surface area contributed by atoms with Crippen molar-refractivity contribution in [3.8, 4) is 5.88 Å². The number of methoxy groups -OCH3 is 1. The summed E-state index contributed by atoms with van der Waals surface area (Å²) < 4.78 is 7.13. The first-order valence-electron chi connectivity index (χ1n) is 8.57. The van der Waals surface area contributed by atoms with Gasteiger partial charge in [-0.1, -0.05) is 6.07 Å². The molecule has 1 amide bonds. The van der Waals surface area contributed by atoms with Crippen LogP contribution in [0.15, 0.2) is 34.0 Å². The predicted molar refractivity (Wildman–Crippen MR) is 96.7 cm³/mol. The number of rotatable bonds is 5. The Morgan fingerprint density at radius 1 is 1.30 bits per heavy atom. The van der Waals surface area contributed by atoms with Gasteiger partial charge >= 0.3 is 5.69 Å². The number of ether oxygens (including phenoxy) is 1. The summed E-state index contributed by atoms with van der Waals surface area (Å²) in [4.78, 5) is 40.9. The van der Waals surface area contributed by atoms with Crippen molar-refractivity contribution in [3.63, 3.8) is 0 Å². The molecule has 0 spiro atoms. The molecule has 2 N–H and O–H groups in total. The van der Waals surface area contributed by atoms with E-state index < -0.39 is 29.3 Å². The Morgan fingerprint density at radius 2 is 2.00 bits per heavy atom. The molecule has 0 aromatic carbocycles. The molecule has 3 rings (SSSR count). The molecule has 1 fully saturated rings. The maximum Gasteiger partial charge on any atom is 0.331 e. The maximum atomic E-state index is 12.8. The van der Waals surface area contributed by atoms with Gasteiger partial charge in [-0.25, -0.2) is 9.78 Å². The van der Waals surface area contributed by atoms with E-state index in [9.17, 15) is 19.5 Å². The van der Waals surface area contributed by atoms with Crippen LogP contribution in [0.3, 0.4) is 0 Å². The summed E-state index contributed by atoms with van der Waals surface area (Å²) in [5.74, 6) is -0.0522. The van der Waals surface area contributed by atoms with Crippen molar-refractivity contribution in [2.75, 3.05) is 7.11 Å². The number of aliphatic hydroxyl groups excluding tert-OH is 1. The Bertz CT molecular complexity index is 957. The Morgan fingerprint density at radius 3 is 2.56 bits per heavy atom. The van der Waals surface area contributed by atoms with Crippen LogP contribution in [-0.2, 0) is 14.1 Å². The number of carbonyl (C=O) groups excluding carboxylic acids is 1. The third-order valence-corrected chi connectivity index (χ3v) is 4.99. The molecule has 1 unspecified atom stereocenters. The number of carbonyl (C=O) groups is 1. The fourth-order valence-electron chi connectivity index (χ4n) is 3.24. The van der Waals surface area contributed by atoms with E-state index in [-0.39, 0.29) is 11.6 Å². The lowest BCUT2D eigenvalue weighted by atomic mass is 9.75. The zero-order valence-electron chi connectivity index (χ0n) is 15.4. The lowest BCUT2D eigenvalue weighted by molar-refractivity contribution is 0.0233. The highest BCUT2D eigenvalue weighted by Gasteiger charge is 2.36. The SMILES string of the molecule is COc1ccc(C(NC(=O)c2cc(=O)n(C)c(=O)n2C)C2CC(O)C2)cn1. The van der Waals surface area contributed by atoms with Crippen molar-refractivity contribution < 1.29 is 14.6 Å². The lowest BCUT2D eigenvalue weighted by Crippen LogP contribution is -2.45. The molecule has 0 aliphatic heterocycles. The highest BCUT2D eigenvalue weighted by molar-refractivity contribution is 5.92. The zero-order chi connectivity index (χ0) is 19.7. The Hall–Kier alpha value is -2.94. The van der Waals surface area contributed by atoms with Gasteiger partial charge in [0.1, 0.15) is 5.69 Å². The van der Waals surface area contributed by atoms with Gasteiger partial charge in [-0.15, -0.1) is 0 Å². The van der Waals surface area contributed by atoms with Crippen LogP contribution in [0.25, 0.3) is 0 Å².